The van der Waals surface area contributed by atoms with Crippen LogP contribution in [-0.4, -0.2) is 19.7 Å². The number of nitrogen functional groups attached to an aromatic ring is 1. The van der Waals surface area contributed by atoms with Gasteiger partial charge in [0.2, 0.25) is 0 Å². The zero-order valence-corrected chi connectivity index (χ0v) is 15.8. The van der Waals surface area contributed by atoms with E-state index in [0.717, 1.165) is 44.7 Å². The number of pyridine rings is 1. The number of rotatable bonds is 4. The Labute approximate surface area is 164 Å². The Kier molecular flexibility index (Phi) is 4.20. The second-order valence-electron chi connectivity index (χ2n) is 6.53. The second-order valence-corrected chi connectivity index (χ2v) is 6.53. The molecule has 0 aliphatic carbocycles. The minimum absolute atomic E-state index is 0.474. The van der Waals surface area contributed by atoms with Gasteiger partial charge in [-0.2, -0.15) is 5.10 Å². The summed E-state index contributed by atoms with van der Waals surface area (Å²) in [6, 6.07) is 8.13. The fraction of sp³-hybridized carbons (Fsp3) is 0.0435. The van der Waals surface area contributed by atoms with E-state index in [1.807, 2.05) is 41.0 Å². The average molecular weight is 367 g/mol. The molecule has 5 nitrogen and oxygen atoms in total. The fourth-order valence-electron chi connectivity index (χ4n) is 3.52. The van der Waals surface area contributed by atoms with Crippen LogP contribution in [0.15, 0.2) is 80.3 Å². The second kappa shape index (κ2) is 6.70. The van der Waals surface area contributed by atoms with Gasteiger partial charge in [-0.1, -0.05) is 37.9 Å². The normalized spacial score (nSPS) is 13.7. The van der Waals surface area contributed by atoms with E-state index in [2.05, 4.69) is 48.0 Å². The number of allylic oxidation sites excluding steroid dienone is 3. The Morgan fingerprint density at radius 3 is 2.79 bits per heavy atom. The van der Waals surface area contributed by atoms with Gasteiger partial charge in [-0.15, -0.1) is 0 Å². The van der Waals surface area contributed by atoms with Crippen LogP contribution >= 0.6 is 0 Å². The Bertz CT molecular complexity index is 1190. The van der Waals surface area contributed by atoms with E-state index in [1.54, 1.807) is 18.3 Å². The van der Waals surface area contributed by atoms with Crippen LogP contribution in [0.5, 0.6) is 0 Å². The first-order chi connectivity index (χ1) is 13.5. The summed E-state index contributed by atoms with van der Waals surface area (Å²) >= 11 is 0. The lowest BCUT2D eigenvalue weighted by Gasteiger charge is -2.28. The Balaban J connectivity index is 1.86. The number of benzene rings is 1. The summed E-state index contributed by atoms with van der Waals surface area (Å²) in [6.45, 7) is 12.0. The van der Waals surface area contributed by atoms with Crippen molar-refractivity contribution >= 4 is 28.5 Å². The third kappa shape index (κ3) is 2.65. The molecule has 0 bridgehead atoms. The number of aryl methyl sites for hydroxylation is 1. The van der Waals surface area contributed by atoms with Crippen molar-refractivity contribution in [2.75, 3.05) is 5.73 Å². The molecule has 0 unspecified atom stereocenters. The van der Waals surface area contributed by atoms with E-state index >= 15 is 0 Å². The van der Waals surface area contributed by atoms with Gasteiger partial charge < -0.3 is 10.6 Å². The minimum Gasteiger partial charge on any atom is -0.383 e. The number of fused-ring (bicyclic) bond motifs is 2. The third-order valence-electron chi connectivity index (χ3n) is 4.90. The largest absolute Gasteiger partial charge is 0.383 e. The van der Waals surface area contributed by atoms with Gasteiger partial charge in [-0.3, -0.25) is 4.68 Å². The highest BCUT2D eigenvalue weighted by molar-refractivity contribution is 6.00. The van der Waals surface area contributed by atoms with Crippen molar-refractivity contribution in [1.82, 2.24) is 19.7 Å². The molecule has 3 aromatic rings. The highest BCUT2D eigenvalue weighted by atomic mass is 15.3. The van der Waals surface area contributed by atoms with Crippen molar-refractivity contribution < 1.29 is 0 Å². The molecule has 0 spiro atoms. The summed E-state index contributed by atoms with van der Waals surface area (Å²) in [6.07, 6.45) is 11.2. The summed E-state index contributed by atoms with van der Waals surface area (Å²) in [4.78, 5) is 6.23. The van der Waals surface area contributed by atoms with Gasteiger partial charge in [0.1, 0.15) is 11.5 Å². The van der Waals surface area contributed by atoms with E-state index in [9.17, 15) is 0 Å². The predicted molar refractivity (Wildman–Crippen MR) is 117 cm³/mol. The molecule has 138 valence electrons. The zero-order chi connectivity index (χ0) is 19.8. The third-order valence-corrected chi connectivity index (χ3v) is 4.90. The molecule has 0 saturated carbocycles. The maximum absolute atomic E-state index is 6.16. The van der Waals surface area contributed by atoms with Crippen molar-refractivity contribution in [3.8, 4) is 11.3 Å². The molecule has 0 atom stereocenters. The number of aromatic nitrogens is 3. The Hall–Kier alpha value is -3.86. The van der Waals surface area contributed by atoms with Crippen LogP contribution in [0, 0.1) is 0 Å². The maximum Gasteiger partial charge on any atom is 0.135 e. The molecule has 28 heavy (non-hydrogen) atoms. The lowest BCUT2D eigenvalue weighted by molar-refractivity contribution is 0.681. The molecule has 1 aliphatic heterocycles. The lowest BCUT2D eigenvalue weighted by atomic mass is 9.96. The van der Waals surface area contributed by atoms with Crippen LogP contribution in [0.25, 0.3) is 33.9 Å². The first-order valence-electron chi connectivity index (χ1n) is 8.88. The molecule has 0 saturated heterocycles. The van der Waals surface area contributed by atoms with Crippen LogP contribution in [0.3, 0.4) is 0 Å². The summed E-state index contributed by atoms with van der Waals surface area (Å²) in [7, 11) is 1.91. The molecule has 4 rings (SSSR count). The first kappa shape index (κ1) is 17.5. The molecule has 0 radical (unpaired) electrons. The molecule has 2 N–H and O–H groups in total. The highest BCUT2D eigenvalue weighted by Gasteiger charge is 2.20. The van der Waals surface area contributed by atoms with Crippen LogP contribution in [0.2, 0.25) is 0 Å². The standard InChI is InChI=1S/C23H21N5/c1-5-7-18(6-2)28-13-11-16-8-9-17(14-19(16)15(28)3)22-21-20(27(4)26-22)10-12-25-23(21)24/h5-14H,1-3H2,4H3,(H2,24,25)/b18-7+. The van der Waals surface area contributed by atoms with Crippen molar-refractivity contribution in [3.05, 3.63) is 91.5 Å². The van der Waals surface area contributed by atoms with Crippen LogP contribution in [0.1, 0.15) is 11.1 Å². The van der Waals surface area contributed by atoms with E-state index in [-0.39, 0.29) is 0 Å². The quantitative estimate of drug-likeness (QED) is 0.677. The Morgan fingerprint density at radius 1 is 1.21 bits per heavy atom. The summed E-state index contributed by atoms with van der Waals surface area (Å²) in [5, 5.41) is 5.55. The molecule has 1 aromatic carbocycles. The van der Waals surface area contributed by atoms with Crippen molar-refractivity contribution in [1.29, 1.82) is 0 Å². The molecule has 2 aromatic heterocycles. The zero-order valence-electron chi connectivity index (χ0n) is 15.8. The summed E-state index contributed by atoms with van der Waals surface area (Å²) in [5.74, 6) is 0.474. The van der Waals surface area contributed by atoms with E-state index in [0.29, 0.717) is 5.82 Å². The van der Waals surface area contributed by atoms with Gasteiger partial charge in [0.25, 0.3) is 0 Å². The van der Waals surface area contributed by atoms with Gasteiger partial charge in [0.05, 0.1) is 10.9 Å². The fourth-order valence-corrected chi connectivity index (χ4v) is 3.52. The number of hydrogen-bond acceptors (Lipinski definition) is 4. The minimum atomic E-state index is 0.474. The molecule has 0 fully saturated rings. The molecule has 0 amide bonds. The highest BCUT2D eigenvalue weighted by Crippen LogP contribution is 2.36. The topological polar surface area (TPSA) is 60.0 Å². The molecule has 3 heterocycles. The number of nitrogens with zero attached hydrogens (tertiary/aromatic N) is 4. The van der Waals surface area contributed by atoms with E-state index in [4.69, 9.17) is 5.73 Å². The SMILES string of the molecule is C=C/C=C(\C=C)N1C=Cc2ccc(-c3nn(C)c4ccnc(N)c34)cc2C1=C. The van der Waals surface area contributed by atoms with Crippen LogP contribution in [-0.2, 0) is 7.05 Å². The van der Waals surface area contributed by atoms with Crippen molar-refractivity contribution in [2.45, 2.75) is 0 Å². The van der Waals surface area contributed by atoms with Crippen molar-refractivity contribution in [2.24, 2.45) is 7.05 Å². The lowest BCUT2D eigenvalue weighted by Crippen LogP contribution is -2.16. The number of hydrogen-bond donors (Lipinski definition) is 1. The molecular weight excluding hydrogens is 346 g/mol. The Morgan fingerprint density at radius 2 is 2.04 bits per heavy atom. The molecule has 1 aliphatic rings. The van der Waals surface area contributed by atoms with Crippen LogP contribution in [0.4, 0.5) is 5.82 Å². The van der Waals surface area contributed by atoms with Crippen molar-refractivity contribution in [3.63, 3.8) is 0 Å². The van der Waals surface area contributed by atoms with E-state index in [1.165, 1.54) is 0 Å². The summed E-state index contributed by atoms with van der Waals surface area (Å²) in [5.41, 5.74) is 12.8. The predicted octanol–water partition coefficient (Wildman–Crippen LogP) is 4.73. The smallest absolute Gasteiger partial charge is 0.135 e. The number of anilines is 1. The average Bonchev–Trinajstić information content (AvgIpc) is 3.05. The first-order valence-corrected chi connectivity index (χ1v) is 8.88. The summed E-state index contributed by atoms with van der Waals surface area (Å²) < 4.78 is 1.83. The van der Waals surface area contributed by atoms with Gasteiger partial charge in [-0.25, -0.2) is 4.98 Å². The monoisotopic (exact) mass is 367 g/mol. The van der Waals surface area contributed by atoms with Gasteiger partial charge in [-0.05, 0) is 35.9 Å². The van der Waals surface area contributed by atoms with Crippen LogP contribution < -0.4 is 5.73 Å². The van der Waals surface area contributed by atoms with Gasteiger partial charge >= 0.3 is 0 Å². The molecule has 5 heteroatoms. The number of nitrogens with two attached hydrogens (primary N) is 1. The molecular formula is C23H21N5. The van der Waals surface area contributed by atoms with Gasteiger partial charge in [0, 0.05) is 42.0 Å². The maximum atomic E-state index is 6.16. The van der Waals surface area contributed by atoms with Gasteiger partial charge in [0.15, 0.2) is 0 Å². The van der Waals surface area contributed by atoms with E-state index < -0.39 is 0 Å².